The molecular weight excluding hydrogens is 308 g/mol. The van der Waals surface area contributed by atoms with Crippen molar-refractivity contribution in [2.24, 2.45) is 0 Å². The van der Waals surface area contributed by atoms with Crippen molar-refractivity contribution >= 4 is 24.0 Å². The lowest BCUT2D eigenvalue weighted by Crippen LogP contribution is -2.24. The standard InChI is InChI=1S/C19H22N2O.ClH/c1-20-13-14-6-4-9-16(12-14)21-19(22)18-11-5-8-15-7-2-3-10-17(15)18;/h2-4,6-7,9-10,12,18,20H,5,8,11,13H2,1H3,(H,21,22);1H. The van der Waals surface area contributed by atoms with Crippen LogP contribution in [0.1, 0.15) is 35.4 Å². The molecule has 0 saturated heterocycles. The molecule has 3 nitrogen and oxygen atoms in total. The van der Waals surface area contributed by atoms with E-state index < -0.39 is 0 Å². The zero-order chi connectivity index (χ0) is 15.4. The lowest BCUT2D eigenvalue weighted by atomic mass is 9.82. The number of amides is 1. The maximum Gasteiger partial charge on any atom is 0.231 e. The van der Waals surface area contributed by atoms with Gasteiger partial charge in [0.1, 0.15) is 0 Å². The van der Waals surface area contributed by atoms with Crippen LogP contribution in [-0.4, -0.2) is 13.0 Å². The van der Waals surface area contributed by atoms with Gasteiger partial charge in [-0.2, -0.15) is 0 Å². The van der Waals surface area contributed by atoms with Gasteiger partial charge in [0.15, 0.2) is 0 Å². The quantitative estimate of drug-likeness (QED) is 0.893. The second kappa shape index (κ2) is 8.14. The van der Waals surface area contributed by atoms with Gasteiger partial charge in [0.25, 0.3) is 0 Å². The second-order valence-electron chi connectivity index (χ2n) is 5.86. The zero-order valence-corrected chi connectivity index (χ0v) is 14.2. The van der Waals surface area contributed by atoms with Crippen LogP contribution in [0.3, 0.4) is 0 Å². The minimum atomic E-state index is -0.0297. The Kier molecular flexibility index (Phi) is 6.20. The van der Waals surface area contributed by atoms with E-state index >= 15 is 0 Å². The molecule has 2 aromatic carbocycles. The summed E-state index contributed by atoms with van der Waals surface area (Å²) in [4.78, 5) is 12.7. The Morgan fingerprint density at radius 2 is 2.00 bits per heavy atom. The molecule has 0 aromatic heterocycles. The number of fused-ring (bicyclic) bond motifs is 1. The van der Waals surface area contributed by atoms with Gasteiger partial charge in [-0.15, -0.1) is 12.4 Å². The average molecular weight is 331 g/mol. The summed E-state index contributed by atoms with van der Waals surface area (Å²) in [7, 11) is 1.92. The lowest BCUT2D eigenvalue weighted by molar-refractivity contribution is -0.117. The van der Waals surface area contributed by atoms with Gasteiger partial charge >= 0.3 is 0 Å². The van der Waals surface area contributed by atoms with Gasteiger partial charge in [-0.1, -0.05) is 36.4 Å². The molecule has 2 N–H and O–H groups in total. The molecule has 0 spiro atoms. The molecule has 23 heavy (non-hydrogen) atoms. The van der Waals surface area contributed by atoms with Crippen LogP contribution < -0.4 is 10.6 Å². The maximum absolute atomic E-state index is 12.7. The number of carbonyl (C=O) groups excluding carboxylic acids is 1. The van der Waals surface area contributed by atoms with Gasteiger partial charge in [-0.25, -0.2) is 0 Å². The Bertz CT molecular complexity index is 672. The van der Waals surface area contributed by atoms with E-state index in [1.165, 1.54) is 16.7 Å². The number of carbonyl (C=O) groups is 1. The van der Waals surface area contributed by atoms with Crippen molar-refractivity contribution in [2.75, 3.05) is 12.4 Å². The molecule has 0 saturated carbocycles. The third-order valence-corrected chi connectivity index (χ3v) is 4.26. The molecule has 122 valence electrons. The number of anilines is 1. The molecule has 1 atom stereocenters. The summed E-state index contributed by atoms with van der Waals surface area (Å²) in [5.41, 5.74) is 4.56. The van der Waals surface area contributed by atoms with Crippen LogP contribution in [0.4, 0.5) is 5.69 Å². The predicted octanol–water partition coefficient (Wildman–Crippen LogP) is 3.89. The Morgan fingerprint density at radius 3 is 2.83 bits per heavy atom. The molecule has 0 aliphatic heterocycles. The second-order valence-corrected chi connectivity index (χ2v) is 5.86. The van der Waals surface area contributed by atoms with E-state index in [0.717, 1.165) is 31.5 Å². The van der Waals surface area contributed by atoms with Crippen molar-refractivity contribution in [1.29, 1.82) is 0 Å². The van der Waals surface area contributed by atoms with Crippen molar-refractivity contribution in [3.05, 3.63) is 65.2 Å². The first-order chi connectivity index (χ1) is 10.8. The van der Waals surface area contributed by atoms with E-state index in [9.17, 15) is 4.79 Å². The average Bonchev–Trinajstić information content (AvgIpc) is 2.55. The highest BCUT2D eigenvalue weighted by atomic mass is 35.5. The number of rotatable bonds is 4. The van der Waals surface area contributed by atoms with Crippen LogP contribution in [-0.2, 0) is 17.8 Å². The molecule has 1 aliphatic rings. The van der Waals surface area contributed by atoms with Gasteiger partial charge < -0.3 is 10.6 Å². The predicted molar refractivity (Wildman–Crippen MR) is 97.2 cm³/mol. The van der Waals surface area contributed by atoms with E-state index in [-0.39, 0.29) is 24.2 Å². The zero-order valence-electron chi connectivity index (χ0n) is 13.3. The Hall–Kier alpha value is -1.84. The first-order valence-corrected chi connectivity index (χ1v) is 7.90. The van der Waals surface area contributed by atoms with Crippen LogP contribution in [0.5, 0.6) is 0 Å². The van der Waals surface area contributed by atoms with Crippen molar-refractivity contribution in [2.45, 2.75) is 31.7 Å². The number of nitrogens with one attached hydrogen (secondary N) is 2. The first-order valence-electron chi connectivity index (χ1n) is 7.90. The third kappa shape index (κ3) is 4.12. The Balaban J connectivity index is 0.00000192. The maximum atomic E-state index is 12.7. The fourth-order valence-corrected chi connectivity index (χ4v) is 3.22. The lowest BCUT2D eigenvalue weighted by Gasteiger charge is -2.24. The van der Waals surface area contributed by atoms with Crippen LogP contribution in [0.25, 0.3) is 0 Å². The summed E-state index contributed by atoms with van der Waals surface area (Å²) in [5.74, 6) is 0.0756. The number of halogens is 1. The van der Waals surface area contributed by atoms with Crippen LogP contribution in [0, 0.1) is 0 Å². The monoisotopic (exact) mass is 330 g/mol. The number of benzene rings is 2. The van der Waals surface area contributed by atoms with E-state index in [4.69, 9.17) is 0 Å². The van der Waals surface area contributed by atoms with Gasteiger partial charge in [-0.3, -0.25) is 4.79 Å². The Morgan fingerprint density at radius 1 is 1.17 bits per heavy atom. The summed E-state index contributed by atoms with van der Waals surface area (Å²) in [6, 6.07) is 16.3. The summed E-state index contributed by atoms with van der Waals surface area (Å²) in [6.45, 7) is 0.802. The topological polar surface area (TPSA) is 41.1 Å². The summed E-state index contributed by atoms with van der Waals surface area (Å²) in [5, 5.41) is 6.21. The van der Waals surface area contributed by atoms with Crippen molar-refractivity contribution < 1.29 is 4.79 Å². The molecule has 1 unspecified atom stereocenters. The molecule has 0 bridgehead atoms. The van der Waals surface area contributed by atoms with Gasteiger partial charge in [0.2, 0.25) is 5.91 Å². The smallest absolute Gasteiger partial charge is 0.231 e. The highest BCUT2D eigenvalue weighted by Gasteiger charge is 2.26. The highest BCUT2D eigenvalue weighted by Crippen LogP contribution is 2.32. The minimum absolute atomic E-state index is 0. The van der Waals surface area contributed by atoms with E-state index in [0.29, 0.717) is 0 Å². The number of hydrogen-bond donors (Lipinski definition) is 2. The van der Waals surface area contributed by atoms with Crippen LogP contribution in [0.15, 0.2) is 48.5 Å². The van der Waals surface area contributed by atoms with Gasteiger partial charge in [0.05, 0.1) is 5.92 Å². The van der Waals surface area contributed by atoms with Crippen molar-refractivity contribution in [3.8, 4) is 0 Å². The van der Waals surface area contributed by atoms with Gasteiger partial charge in [0, 0.05) is 12.2 Å². The molecule has 1 aliphatic carbocycles. The molecule has 2 aromatic rings. The van der Waals surface area contributed by atoms with Crippen LogP contribution in [0.2, 0.25) is 0 Å². The fraction of sp³-hybridized carbons (Fsp3) is 0.316. The van der Waals surface area contributed by atoms with E-state index in [1.807, 2.05) is 31.3 Å². The van der Waals surface area contributed by atoms with Crippen LogP contribution >= 0.6 is 12.4 Å². The summed E-state index contributed by atoms with van der Waals surface area (Å²) in [6.07, 6.45) is 3.09. The van der Waals surface area contributed by atoms with E-state index in [2.05, 4.69) is 34.9 Å². The molecule has 0 fully saturated rings. The molecular formula is C19H23ClN2O. The normalized spacial score (nSPS) is 16.1. The number of aryl methyl sites for hydroxylation is 1. The highest BCUT2D eigenvalue weighted by molar-refractivity contribution is 5.96. The van der Waals surface area contributed by atoms with Gasteiger partial charge in [-0.05, 0) is 55.1 Å². The fourth-order valence-electron chi connectivity index (χ4n) is 3.22. The molecule has 0 heterocycles. The van der Waals surface area contributed by atoms with Crippen molar-refractivity contribution in [3.63, 3.8) is 0 Å². The molecule has 1 amide bonds. The molecule has 0 radical (unpaired) electrons. The van der Waals surface area contributed by atoms with Crippen molar-refractivity contribution in [1.82, 2.24) is 5.32 Å². The number of hydrogen-bond acceptors (Lipinski definition) is 2. The Labute approximate surface area is 143 Å². The largest absolute Gasteiger partial charge is 0.326 e. The molecule has 4 heteroatoms. The van der Waals surface area contributed by atoms with E-state index in [1.54, 1.807) is 0 Å². The minimum Gasteiger partial charge on any atom is -0.326 e. The SMILES string of the molecule is CNCc1cccc(NC(=O)C2CCCc3ccccc32)c1.Cl. The molecule has 3 rings (SSSR count). The summed E-state index contributed by atoms with van der Waals surface area (Å²) >= 11 is 0. The summed E-state index contributed by atoms with van der Waals surface area (Å²) < 4.78 is 0. The third-order valence-electron chi connectivity index (χ3n) is 4.26. The first kappa shape index (κ1) is 17.5.